The van der Waals surface area contributed by atoms with Gasteiger partial charge in [0.15, 0.2) is 0 Å². The molecule has 106 valence electrons. The predicted octanol–water partition coefficient (Wildman–Crippen LogP) is 3.44. The van der Waals surface area contributed by atoms with Crippen LogP contribution in [0.3, 0.4) is 0 Å². The first-order valence-corrected chi connectivity index (χ1v) is 7.07. The monoisotopic (exact) mass is 279 g/mol. The van der Waals surface area contributed by atoms with E-state index in [1.807, 2.05) is 6.07 Å². The van der Waals surface area contributed by atoms with Crippen molar-refractivity contribution in [3.05, 3.63) is 70.6 Å². The molecule has 0 bridgehead atoms. The first-order valence-electron chi connectivity index (χ1n) is 7.07. The van der Waals surface area contributed by atoms with Gasteiger partial charge in [-0.25, -0.2) is 4.79 Å². The van der Waals surface area contributed by atoms with E-state index in [2.05, 4.69) is 35.3 Å². The van der Waals surface area contributed by atoms with Crippen molar-refractivity contribution in [2.75, 3.05) is 7.11 Å². The maximum atomic E-state index is 11.8. The molecule has 1 heterocycles. The van der Waals surface area contributed by atoms with Gasteiger partial charge in [0.25, 0.3) is 0 Å². The summed E-state index contributed by atoms with van der Waals surface area (Å²) in [6.45, 7) is 0. The number of carbonyl (C=O) groups is 1. The Hall–Kier alpha value is -2.42. The van der Waals surface area contributed by atoms with Gasteiger partial charge in [-0.15, -0.1) is 0 Å². The third-order valence-corrected chi connectivity index (χ3v) is 3.82. The third-order valence-electron chi connectivity index (χ3n) is 3.82. The molecular weight excluding hydrogens is 262 g/mol. The highest BCUT2D eigenvalue weighted by molar-refractivity contribution is 5.92. The van der Waals surface area contributed by atoms with Crippen LogP contribution in [-0.4, -0.2) is 18.1 Å². The van der Waals surface area contributed by atoms with Gasteiger partial charge in [0.05, 0.1) is 18.4 Å². The average Bonchev–Trinajstić information content (AvgIpc) is 2.96. The third kappa shape index (κ3) is 2.87. The van der Waals surface area contributed by atoms with Gasteiger partial charge in [0, 0.05) is 6.20 Å². The normalized spacial score (nSPS) is 12.7. The van der Waals surface area contributed by atoms with Crippen molar-refractivity contribution < 1.29 is 9.53 Å². The van der Waals surface area contributed by atoms with Crippen molar-refractivity contribution in [3.8, 4) is 0 Å². The fraction of sp³-hybridized carbons (Fsp3) is 0.222. The molecule has 0 saturated heterocycles. The summed E-state index contributed by atoms with van der Waals surface area (Å²) in [6, 6.07) is 12.2. The Morgan fingerprint density at radius 1 is 1.19 bits per heavy atom. The summed E-state index contributed by atoms with van der Waals surface area (Å²) in [6.07, 6.45) is 6.56. The molecule has 3 rings (SSSR count). The van der Waals surface area contributed by atoms with E-state index in [0.717, 1.165) is 30.5 Å². The van der Waals surface area contributed by atoms with E-state index in [0.29, 0.717) is 5.56 Å². The molecule has 0 unspecified atom stereocenters. The molecule has 0 radical (unpaired) electrons. The molecule has 0 N–H and O–H groups in total. The number of allylic oxidation sites excluding steroid dienone is 1. The Balaban J connectivity index is 1.73. The lowest BCUT2D eigenvalue weighted by Crippen LogP contribution is -2.06. The van der Waals surface area contributed by atoms with Crippen LogP contribution in [0.1, 0.15) is 33.6 Å². The number of benzene rings is 1. The van der Waals surface area contributed by atoms with Crippen molar-refractivity contribution in [1.29, 1.82) is 0 Å². The Morgan fingerprint density at radius 2 is 2.00 bits per heavy atom. The van der Waals surface area contributed by atoms with E-state index < -0.39 is 0 Å². The lowest BCUT2D eigenvalue weighted by atomic mass is 10.0. The van der Waals surface area contributed by atoms with Crippen molar-refractivity contribution in [1.82, 2.24) is 4.98 Å². The van der Waals surface area contributed by atoms with Gasteiger partial charge < -0.3 is 4.74 Å². The smallest absolute Gasteiger partial charge is 0.338 e. The summed E-state index contributed by atoms with van der Waals surface area (Å²) in [5, 5.41) is 0. The van der Waals surface area contributed by atoms with Crippen molar-refractivity contribution in [3.63, 3.8) is 0 Å². The van der Waals surface area contributed by atoms with Crippen LogP contribution >= 0.6 is 0 Å². The zero-order chi connectivity index (χ0) is 14.7. The minimum absolute atomic E-state index is 0.286. The summed E-state index contributed by atoms with van der Waals surface area (Å²) in [5.74, 6) is -0.286. The summed E-state index contributed by atoms with van der Waals surface area (Å²) in [7, 11) is 1.41. The average molecular weight is 279 g/mol. The van der Waals surface area contributed by atoms with Crippen molar-refractivity contribution >= 4 is 12.0 Å². The van der Waals surface area contributed by atoms with E-state index in [4.69, 9.17) is 4.74 Å². The largest absolute Gasteiger partial charge is 0.465 e. The number of aryl methyl sites for hydroxylation is 1. The highest BCUT2D eigenvalue weighted by Gasteiger charge is 2.21. The fourth-order valence-electron chi connectivity index (χ4n) is 2.70. The molecule has 0 spiro atoms. The molecule has 2 aromatic rings. The molecule has 0 fully saturated rings. The summed E-state index contributed by atoms with van der Waals surface area (Å²) in [5.41, 5.74) is 5.18. The van der Waals surface area contributed by atoms with Gasteiger partial charge in [0.1, 0.15) is 0 Å². The maximum Gasteiger partial charge on any atom is 0.338 e. The minimum atomic E-state index is -0.286. The number of esters is 1. The predicted molar refractivity (Wildman–Crippen MR) is 82.0 cm³/mol. The van der Waals surface area contributed by atoms with Crippen LogP contribution in [0.5, 0.6) is 0 Å². The number of pyridine rings is 1. The highest BCUT2D eigenvalue weighted by Crippen LogP contribution is 2.29. The highest BCUT2D eigenvalue weighted by atomic mass is 16.5. The van der Waals surface area contributed by atoms with Gasteiger partial charge in [-0.1, -0.05) is 35.9 Å². The van der Waals surface area contributed by atoms with E-state index in [-0.39, 0.29) is 5.97 Å². The maximum absolute atomic E-state index is 11.8. The number of rotatable bonds is 4. The second kappa shape index (κ2) is 5.92. The van der Waals surface area contributed by atoms with Crippen LogP contribution in [0.25, 0.3) is 6.08 Å². The molecule has 1 aromatic heterocycles. The van der Waals surface area contributed by atoms with E-state index in [1.165, 1.54) is 18.2 Å². The Morgan fingerprint density at radius 3 is 2.76 bits per heavy atom. The van der Waals surface area contributed by atoms with Gasteiger partial charge in [-0.2, -0.15) is 0 Å². The lowest BCUT2D eigenvalue weighted by Gasteiger charge is -2.06. The van der Waals surface area contributed by atoms with Crippen LogP contribution in [0, 0.1) is 0 Å². The summed E-state index contributed by atoms with van der Waals surface area (Å²) >= 11 is 0. The van der Waals surface area contributed by atoms with E-state index in [9.17, 15) is 4.79 Å². The van der Waals surface area contributed by atoms with Crippen molar-refractivity contribution in [2.45, 2.75) is 19.3 Å². The summed E-state index contributed by atoms with van der Waals surface area (Å²) in [4.78, 5) is 16.1. The molecule has 3 heteroatoms. The van der Waals surface area contributed by atoms with Crippen LogP contribution in [0.4, 0.5) is 0 Å². The van der Waals surface area contributed by atoms with Crippen LogP contribution in [0.2, 0.25) is 0 Å². The number of fused-ring (bicyclic) bond motifs is 1. The Kier molecular flexibility index (Phi) is 3.82. The second-order valence-corrected chi connectivity index (χ2v) is 5.18. The molecule has 1 aliphatic rings. The quantitative estimate of drug-likeness (QED) is 0.805. The number of ether oxygens (including phenoxy) is 1. The number of methoxy groups -OCH3 is 1. The van der Waals surface area contributed by atoms with Gasteiger partial charge in [0.2, 0.25) is 0 Å². The first kappa shape index (κ1) is 13.6. The number of hydrogen-bond acceptors (Lipinski definition) is 3. The Bertz CT molecular complexity index is 690. The molecule has 21 heavy (non-hydrogen) atoms. The lowest BCUT2D eigenvalue weighted by molar-refractivity contribution is 0.0599. The molecule has 1 aliphatic carbocycles. The SMILES string of the molecule is COC(=O)c1ccnc2c1CC(CCc1ccccc1)=C2. The number of aromatic nitrogens is 1. The number of carbonyl (C=O) groups excluding carboxylic acids is 1. The number of hydrogen-bond donors (Lipinski definition) is 0. The zero-order valence-corrected chi connectivity index (χ0v) is 12.0. The van der Waals surface area contributed by atoms with Gasteiger partial charge in [-0.05, 0) is 42.5 Å². The zero-order valence-electron chi connectivity index (χ0n) is 12.0. The number of nitrogens with zero attached hydrogens (tertiary/aromatic N) is 1. The fourth-order valence-corrected chi connectivity index (χ4v) is 2.70. The van der Waals surface area contributed by atoms with Crippen molar-refractivity contribution in [2.24, 2.45) is 0 Å². The van der Waals surface area contributed by atoms with Crippen LogP contribution < -0.4 is 0 Å². The molecule has 0 aliphatic heterocycles. The molecule has 3 nitrogen and oxygen atoms in total. The molecule has 0 saturated carbocycles. The van der Waals surface area contributed by atoms with Gasteiger partial charge >= 0.3 is 5.97 Å². The van der Waals surface area contributed by atoms with Crippen LogP contribution in [0.15, 0.2) is 48.2 Å². The van der Waals surface area contributed by atoms with Crippen LogP contribution in [-0.2, 0) is 17.6 Å². The topological polar surface area (TPSA) is 39.2 Å². The van der Waals surface area contributed by atoms with Gasteiger partial charge in [-0.3, -0.25) is 4.98 Å². The minimum Gasteiger partial charge on any atom is -0.465 e. The molecule has 0 amide bonds. The summed E-state index contributed by atoms with van der Waals surface area (Å²) < 4.78 is 4.84. The van der Waals surface area contributed by atoms with E-state index >= 15 is 0 Å². The second-order valence-electron chi connectivity index (χ2n) is 5.18. The Labute approximate surface area is 124 Å². The molecule has 1 aromatic carbocycles. The standard InChI is InChI=1S/C18H17NO2/c1-21-18(20)15-9-10-19-17-12-14(11-16(15)17)8-7-13-5-3-2-4-6-13/h2-6,9-10,12H,7-8,11H2,1H3. The first-order chi connectivity index (χ1) is 10.3. The molecular formula is C18H17NO2. The molecule has 0 atom stereocenters. The van der Waals surface area contributed by atoms with E-state index in [1.54, 1.807) is 12.3 Å².